The number of alkyl carbamates (subject to hydrolysis) is 1. The van der Waals surface area contributed by atoms with Gasteiger partial charge in [-0.05, 0) is 76.8 Å². The van der Waals surface area contributed by atoms with E-state index in [0.29, 0.717) is 11.3 Å². The normalized spacial score (nSPS) is 13.2. The SMILES string of the molecule is Cc1ccccc1NC(=O)C(c1cccc(O)c1)N(C(=O)C(NC(=O)OC(C)(C)C)C(C)C)C(C)C. The Hall–Kier alpha value is -3.55. The van der Waals surface area contributed by atoms with Crippen molar-refractivity contribution in [2.24, 2.45) is 5.92 Å². The van der Waals surface area contributed by atoms with Gasteiger partial charge in [0.15, 0.2) is 0 Å². The summed E-state index contributed by atoms with van der Waals surface area (Å²) in [6, 6.07) is 11.2. The first-order valence-corrected chi connectivity index (χ1v) is 12.2. The van der Waals surface area contributed by atoms with E-state index in [2.05, 4.69) is 10.6 Å². The topological polar surface area (TPSA) is 108 Å². The Morgan fingerprint density at radius 3 is 2.14 bits per heavy atom. The third-order valence-electron chi connectivity index (χ3n) is 5.53. The summed E-state index contributed by atoms with van der Waals surface area (Å²) >= 11 is 0. The number of hydrogen-bond donors (Lipinski definition) is 3. The van der Waals surface area contributed by atoms with Crippen LogP contribution in [0.1, 0.15) is 65.6 Å². The maximum Gasteiger partial charge on any atom is 0.408 e. The number of nitrogens with zero attached hydrogens (tertiary/aromatic N) is 1. The molecule has 0 bridgehead atoms. The van der Waals surface area contributed by atoms with Crippen molar-refractivity contribution in [3.05, 3.63) is 59.7 Å². The molecule has 0 aliphatic heterocycles. The molecule has 36 heavy (non-hydrogen) atoms. The summed E-state index contributed by atoms with van der Waals surface area (Å²) < 4.78 is 5.38. The van der Waals surface area contributed by atoms with E-state index >= 15 is 0 Å². The largest absolute Gasteiger partial charge is 0.508 e. The fraction of sp³-hybridized carbons (Fsp3) is 0.464. The van der Waals surface area contributed by atoms with Crippen LogP contribution >= 0.6 is 0 Å². The van der Waals surface area contributed by atoms with Gasteiger partial charge in [0.2, 0.25) is 5.91 Å². The smallest absolute Gasteiger partial charge is 0.408 e. The number of hydrogen-bond acceptors (Lipinski definition) is 5. The molecule has 0 aliphatic carbocycles. The molecule has 196 valence electrons. The van der Waals surface area contributed by atoms with Crippen molar-refractivity contribution in [2.45, 2.75) is 79.1 Å². The number of phenols is 1. The molecule has 2 unspecified atom stereocenters. The predicted molar refractivity (Wildman–Crippen MR) is 141 cm³/mol. The van der Waals surface area contributed by atoms with E-state index in [1.54, 1.807) is 52.8 Å². The van der Waals surface area contributed by atoms with Crippen LogP contribution in [0.25, 0.3) is 0 Å². The molecular formula is C28H39N3O5. The summed E-state index contributed by atoms with van der Waals surface area (Å²) in [5.41, 5.74) is 1.21. The van der Waals surface area contributed by atoms with Gasteiger partial charge in [-0.15, -0.1) is 0 Å². The fourth-order valence-electron chi connectivity index (χ4n) is 3.84. The molecule has 0 radical (unpaired) electrons. The monoisotopic (exact) mass is 497 g/mol. The summed E-state index contributed by atoms with van der Waals surface area (Å²) in [5, 5.41) is 15.8. The number of carbonyl (C=O) groups is 3. The van der Waals surface area contributed by atoms with Gasteiger partial charge < -0.3 is 25.4 Å². The van der Waals surface area contributed by atoms with Gasteiger partial charge >= 0.3 is 6.09 Å². The molecular weight excluding hydrogens is 458 g/mol. The van der Waals surface area contributed by atoms with E-state index in [1.165, 1.54) is 17.0 Å². The lowest BCUT2D eigenvalue weighted by Gasteiger charge is -2.38. The second-order valence-electron chi connectivity index (χ2n) is 10.5. The van der Waals surface area contributed by atoms with E-state index in [0.717, 1.165) is 5.56 Å². The van der Waals surface area contributed by atoms with E-state index < -0.39 is 41.6 Å². The highest BCUT2D eigenvalue weighted by atomic mass is 16.6. The lowest BCUT2D eigenvalue weighted by molar-refractivity contribution is -0.143. The Morgan fingerprint density at radius 2 is 1.61 bits per heavy atom. The average Bonchev–Trinajstić information content (AvgIpc) is 2.75. The van der Waals surface area contributed by atoms with Crippen LogP contribution in [-0.4, -0.2) is 45.6 Å². The molecule has 2 aromatic carbocycles. The number of para-hydroxylation sites is 1. The van der Waals surface area contributed by atoms with Crippen molar-refractivity contribution in [3.63, 3.8) is 0 Å². The van der Waals surface area contributed by atoms with Crippen molar-refractivity contribution in [1.82, 2.24) is 10.2 Å². The van der Waals surface area contributed by atoms with Gasteiger partial charge in [-0.1, -0.05) is 44.2 Å². The second-order valence-corrected chi connectivity index (χ2v) is 10.5. The highest BCUT2D eigenvalue weighted by Crippen LogP contribution is 2.29. The van der Waals surface area contributed by atoms with E-state index in [9.17, 15) is 19.5 Å². The molecule has 2 atom stereocenters. The molecule has 8 nitrogen and oxygen atoms in total. The molecule has 0 saturated carbocycles. The van der Waals surface area contributed by atoms with Crippen molar-refractivity contribution >= 4 is 23.6 Å². The molecule has 0 saturated heterocycles. The molecule has 0 aromatic heterocycles. The van der Waals surface area contributed by atoms with Crippen LogP contribution in [0.2, 0.25) is 0 Å². The number of benzene rings is 2. The number of aromatic hydroxyl groups is 1. The van der Waals surface area contributed by atoms with Crippen LogP contribution in [0.3, 0.4) is 0 Å². The zero-order valence-electron chi connectivity index (χ0n) is 22.5. The van der Waals surface area contributed by atoms with E-state index in [1.807, 2.05) is 39.0 Å². The third-order valence-corrected chi connectivity index (χ3v) is 5.53. The van der Waals surface area contributed by atoms with Gasteiger partial charge in [-0.25, -0.2) is 4.79 Å². The summed E-state index contributed by atoms with van der Waals surface area (Å²) in [6.07, 6.45) is -0.712. The molecule has 2 aromatic rings. The van der Waals surface area contributed by atoms with Crippen LogP contribution in [0, 0.1) is 12.8 Å². The first-order chi connectivity index (χ1) is 16.7. The summed E-state index contributed by atoms with van der Waals surface area (Å²) in [7, 11) is 0. The molecule has 3 amide bonds. The van der Waals surface area contributed by atoms with Crippen molar-refractivity contribution in [3.8, 4) is 5.75 Å². The first-order valence-electron chi connectivity index (χ1n) is 12.2. The molecule has 0 fully saturated rings. The minimum atomic E-state index is -1.06. The minimum absolute atomic E-state index is 0.0235. The number of anilines is 1. The third kappa shape index (κ3) is 7.73. The Kier molecular flexibility index (Phi) is 9.50. The molecule has 3 N–H and O–H groups in total. The summed E-state index contributed by atoms with van der Waals surface area (Å²) in [4.78, 5) is 41.7. The maximum atomic E-state index is 14.0. The first kappa shape index (κ1) is 28.7. The number of amides is 3. The van der Waals surface area contributed by atoms with E-state index in [4.69, 9.17) is 4.74 Å². The van der Waals surface area contributed by atoms with E-state index in [-0.39, 0.29) is 11.7 Å². The predicted octanol–water partition coefficient (Wildman–Crippen LogP) is 5.17. The van der Waals surface area contributed by atoms with Gasteiger partial charge in [-0.3, -0.25) is 9.59 Å². The number of rotatable bonds is 8. The molecule has 8 heteroatoms. The molecule has 0 aliphatic rings. The number of ether oxygens (including phenoxy) is 1. The van der Waals surface area contributed by atoms with Crippen LogP contribution in [-0.2, 0) is 14.3 Å². The van der Waals surface area contributed by atoms with Gasteiger partial charge in [0.25, 0.3) is 5.91 Å². The highest BCUT2D eigenvalue weighted by molar-refractivity contribution is 5.99. The van der Waals surface area contributed by atoms with Crippen LogP contribution in [0.4, 0.5) is 10.5 Å². The average molecular weight is 498 g/mol. The van der Waals surface area contributed by atoms with Crippen molar-refractivity contribution < 1.29 is 24.2 Å². The lowest BCUT2D eigenvalue weighted by atomic mass is 9.97. The quantitative estimate of drug-likeness (QED) is 0.467. The molecule has 0 heterocycles. The van der Waals surface area contributed by atoms with Gasteiger partial charge in [-0.2, -0.15) is 0 Å². The second kappa shape index (κ2) is 11.9. The van der Waals surface area contributed by atoms with Crippen LogP contribution in [0.5, 0.6) is 5.75 Å². The minimum Gasteiger partial charge on any atom is -0.508 e. The van der Waals surface area contributed by atoms with Crippen LogP contribution in [0.15, 0.2) is 48.5 Å². The zero-order valence-corrected chi connectivity index (χ0v) is 22.5. The Morgan fingerprint density at radius 1 is 0.972 bits per heavy atom. The Balaban J connectivity index is 2.52. The Bertz CT molecular complexity index is 1070. The molecule has 2 rings (SSSR count). The lowest BCUT2D eigenvalue weighted by Crippen LogP contribution is -2.56. The number of phenolic OH excluding ortho intramolecular Hbond substituents is 1. The number of carbonyl (C=O) groups excluding carboxylic acids is 3. The van der Waals surface area contributed by atoms with Gasteiger partial charge in [0, 0.05) is 11.7 Å². The van der Waals surface area contributed by atoms with Crippen molar-refractivity contribution in [1.29, 1.82) is 0 Å². The number of nitrogens with one attached hydrogen (secondary N) is 2. The number of aryl methyl sites for hydroxylation is 1. The molecule has 0 spiro atoms. The zero-order chi connectivity index (χ0) is 27.2. The van der Waals surface area contributed by atoms with Crippen LogP contribution < -0.4 is 10.6 Å². The fourth-order valence-corrected chi connectivity index (χ4v) is 3.84. The maximum absolute atomic E-state index is 14.0. The van der Waals surface area contributed by atoms with Gasteiger partial charge in [0.05, 0.1) is 0 Å². The van der Waals surface area contributed by atoms with Crippen molar-refractivity contribution in [2.75, 3.05) is 5.32 Å². The van der Waals surface area contributed by atoms with Gasteiger partial charge in [0.1, 0.15) is 23.4 Å². The summed E-state index contributed by atoms with van der Waals surface area (Å²) in [5.74, 6) is -1.17. The summed E-state index contributed by atoms with van der Waals surface area (Å²) in [6.45, 7) is 14.3. The highest BCUT2D eigenvalue weighted by Gasteiger charge is 2.39. The standard InChI is InChI=1S/C28H39N3O5/c1-17(2)23(30-27(35)36-28(6,7)8)26(34)31(18(3)4)24(20-13-11-14-21(32)16-20)25(33)29-22-15-10-9-12-19(22)5/h9-18,23-24,32H,1-8H3,(H,29,33)(H,30,35). The Labute approximate surface area is 214 Å².